The summed E-state index contributed by atoms with van der Waals surface area (Å²) in [7, 11) is -0.953. The van der Waals surface area contributed by atoms with E-state index < -0.39 is 24.7 Å². The van der Waals surface area contributed by atoms with Gasteiger partial charge in [-0.05, 0) is 0 Å². The minimum absolute atomic E-state index is 0.953. The van der Waals surface area contributed by atoms with Gasteiger partial charge in [0, 0.05) is 0 Å². The average Bonchev–Trinajstić information content (AvgIpc) is 2.28. The molecule has 86 valence electrons. The van der Waals surface area contributed by atoms with Crippen LogP contribution >= 0.6 is 0 Å². The molecule has 2 heteroatoms. The molecule has 0 aromatic carbocycles. The van der Waals surface area contributed by atoms with Crippen LogP contribution in [0.2, 0.25) is 41.4 Å². The molecule has 0 N–H and O–H groups in total. The van der Waals surface area contributed by atoms with Gasteiger partial charge in [-0.25, -0.2) is 0 Å². The van der Waals surface area contributed by atoms with Crippen molar-refractivity contribution >= 4 is 8.07 Å². The minimum atomic E-state index is -1.60. The van der Waals surface area contributed by atoms with Crippen LogP contribution in [0.4, 0.5) is 0 Å². The van der Waals surface area contributed by atoms with E-state index in [4.69, 9.17) is 0 Å². The first kappa shape index (κ1) is 13.5. The molecule has 0 aromatic heterocycles. The van der Waals surface area contributed by atoms with E-state index >= 15 is 0 Å². The van der Waals surface area contributed by atoms with E-state index in [2.05, 4.69) is 48.3 Å². The molecule has 0 unspecified atom stereocenters. The van der Waals surface area contributed by atoms with Gasteiger partial charge in [-0.3, -0.25) is 0 Å². The molecule has 1 aliphatic carbocycles. The Kier molecular flexibility index (Phi) is 3.91. The fourth-order valence-corrected chi connectivity index (χ4v) is 7.10. The van der Waals surface area contributed by atoms with Crippen molar-refractivity contribution in [3.8, 4) is 0 Å². The molecule has 0 atom stereocenters. The molecular formula is C13H26SiTi. The van der Waals surface area contributed by atoms with Crippen molar-refractivity contribution in [2.75, 3.05) is 0 Å². The summed E-state index contributed by atoms with van der Waals surface area (Å²) in [6.07, 6.45) is 3.77. The Hall–Kier alpha value is 0.411. The van der Waals surface area contributed by atoms with Crippen LogP contribution in [-0.4, -0.2) is 8.07 Å². The first-order chi connectivity index (χ1) is 6.61. The third-order valence-corrected chi connectivity index (χ3v) is 7.70. The predicted octanol–water partition coefficient (Wildman–Crippen LogP) is 5.23. The van der Waals surface area contributed by atoms with Crippen molar-refractivity contribution in [2.45, 2.75) is 54.7 Å². The van der Waals surface area contributed by atoms with Gasteiger partial charge in [-0.15, -0.1) is 0 Å². The molecule has 0 aromatic rings. The van der Waals surface area contributed by atoms with Gasteiger partial charge in [0.25, 0.3) is 0 Å². The molecule has 15 heavy (non-hydrogen) atoms. The number of hydrogen-bond donors (Lipinski definition) is 0. The normalized spacial score (nSPS) is 18.5. The molecule has 1 rings (SSSR count). The second kappa shape index (κ2) is 4.35. The standard InChI is InChI=1S/C10H17Si.3CH3.Ti/c1-9-6-5-7-10(9)8-11(2,3)4;;;;/h5H,6,8H2,1-4H3;3*1H3;. The first-order valence-electron chi connectivity index (χ1n) is 6.01. The molecule has 0 amide bonds. The third-order valence-electron chi connectivity index (χ3n) is 2.97. The Labute approximate surface area is 100 Å². The van der Waals surface area contributed by atoms with Gasteiger partial charge < -0.3 is 0 Å². The van der Waals surface area contributed by atoms with Crippen molar-refractivity contribution in [2.24, 2.45) is 0 Å². The van der Waals surface area contributed by atoms with E-state index in [1.807, 2.05) is 0 Å². The quantitative estimate of drug-likeness (QED) is 0.608. The Morgan fingerprint density at radius 2 is 1.73 bits per heavy atom. The number of rotatable bonds is 3. The van der Waals surface area contributed by atoms with Crippen molar-refractivity contribution < 1.29 is 16.6 Å². The zero-order valence-corrected chi connectivity index (χ0v) is 14.1. The molecule has 0 radical (unpaired) electrons. The van der Waals surface area contributed by atoms with Crippen molar-refractivity contribution in [3.05, 3.63) is 21.1 Å². The molecule has 0 bridgehead atoms. The van der Waals surface area contributed by atoms with Gasteiger partial charge in [0.15, 0.2) is 0 Å². The van der Waals surface area contributed by atoms with E-state index in [0.29, 0.717) is 0 Å². The molecular weight excluding hydrogens is 232 g/mol. The van der Waals surface area contributed by atoms with Crippen LogP contribution in [0, 0.1) is 0 Å². The van der Waals surface area contributed by atoms with Crippen LogP contribution in [0.25, 0.3) is 0 Å². The Morgan fingerprint density at radius 3 is 2.13 bits per heavy atom. The second-order valence-electron chi connectivity index (χ2n) is 7.07. The Bertz CT molecular complexity index is 310. The van der Waals surface area contributed by atoms with Crippen LogP contribution < -0.4 is 0 Å². The summed E-state index contributed by atoms with van der Waals surface area (Å²) in [5, 5.41) is 7.57. The van der Waals surface area contributed by atoms with E-state index in [9.17, 15) is 0 Å². The Morgan fingerprint density at radius 1 is 1.20 bits per heavy atom. The number of hydrogen-bond acceptors (Lipinski definition) is 0. The second-order valence-corrected chi connectivity index (χ2v) is 20.4. The monoisotopic (exact) mass is 258 g/mol. The molecule has 0 nitrogen and oxygen atoms in total. The van der Waals surface area contributed by atoms with Gasteiger partial charge in [-0.1, -0.05) is 0 Å². The zero-order valence-electron chi connectivity index (χ0n) is 11.5. The summed E-state index contributed by atoms with van der Waals surface area (Å²) in [6.45, 7) is 9.80. The molecule has 0 heterocycles. The van der Waals surface area contributed by atoms with Gasteiger partial charge in [-0.2, -0.15) is 0 Å². The predicted molar refractivity (Wildman–Crippen MR) is 71.1 cm³/mol. The molecule has 1 aliphatic rings. The molecule has 0 fully saturated rings. The fourth-order valence-electron chi connectivity index (χ4n) is 2.27. The van der Waals surface area contributed by atoms with Gasteiger partial charge in [0.05, 0.1) is 0 Å². The van der Waals surface area contributed by atoms with Gasteiger partial charge in [0.2, 0.25) is 0 Å². The van der Waals surface area contributed by atoms with Gasteiger partial charge in [0.1, 0.15) is 0 Å². The van der Waals surface area contributed by atoms with Crippen LogP contribution in [0.15, 0.2) is 21.1 Å². The molecule has 0 aliphatic heterocycles. The number of allylic oxidation sites excluding steroid dienone is 4. The van der Waals surface area contributed by atoms with E-state index in [0.717, 1.165) is 0 Å². The maximum absolute atomic E-state index is 2.53. The average molecular weight is 258 g/mol. The van der Waals surface area contributed by atoms with E-state index in [1.54, 1.807) is 15.0 Å². The van der Waals surface area contributed by atoms with Crippen LogP contribution in [0.5, 0.6) is 0 Å². The van der Waals surface area contributed by atoms with E-state index in [-0.39, 0.29) is 0 Å². The summed E-state index contributed by atoms with van der Waals surface area (Å²) in [5.41, 5.74) is 3.43. The molecule has 0 spiro atoms. The summed E-state index contributed by atoms with van der Waals surface area (Å²) >= 11 is -1.60. The van der Waals surface area contributed by atoms with Gasteiger partial charge >= 0.3 is 100 Å². The van der Waals surface area contributed by atoms with Crippen LogP contribution in [0.1, 0.15) is 13.3 Å². The van der Waals surface area contributed by atoms with Crippen molar-refractivity contribution in [1.29, 1.82) is 0 Å². The molecule has 0 saturated carbocycles. The Balaban J connectivity index is 2.95. The van der Waals surface area contributed by atoms with Crippen LogP contribution in [-0.2, 0) is 16.6 Å². The topological polar surface area (TPSA) is 0 Å². The third kappa shape index (κ3) is 3.73. The SMILES string of the molecule is CC1=C(C[Si](C)(C)C)[C]([Ti]([CH3])([CH3])[CH3])=CC1. The maximum atomic E-state index is 2.53. The van der Waals surface area contributed by atoms with E-state index in [1.165, 1.54) is 12.5 Å². The van der Waals surface area contributed by atoms with Crippen molar-refractivity contribution in [1.82, 2.24) is 0 Å². The van der Waals surface area contributed by atoms with Crippen molar-refractivity contribution in [3.63, 3.8) is 0 Å². The molecule has 0 saturated heterocycles. The summed E-state index contributed by atoms with van der Waals surface area (Å²) in [6, 6.07) is 1.40. The summed E-state index contributed by atoms with van der Waals surface area (Å²) in [4.78, 5) is 0. The first-order valence-corrected chi connectivity index (χ1v) is 15.2. The summed E-state index contributed by atoms with van der Waals surface area (Å²) in [5.74, 6) is 0. The zero-order chi connectivity index (χ0) is 11.9. The summed E-state index contributed by atoms with van der Waals surface area (Å²) < 4.78 is 1.80. The fraction of sp³-hybridized carbons (Fsp3) is 0.692. The van der Waals surface area contributed by atoms with Crippen LogP contribution in [0.3, 0.4) is 0 Å².